The Bertz CT molecular complexity index is 499. The molecule has 4 heteroatoms. The van der Waals surface area contributed by atoms with Crippen LogP contribution in [0.5, 0.6) is 0 Å². The molecular weight excluding hydrogens is 236 g/mol. The van der Waals surface area contributed by atoms with Crippen molar-refractivity contribution in [2.24, 2.45) is 0 Å². The predicted octanol–water partition coefficient (Wildman–Crippen LogP) is 2.22. The third-order valence-corrected chi connectivity index (χ3v) is 2.93. The summed E-state index contributed by atoms with van der Waals surface area (Å²) in [6.45, 7) is 4.62. The molecule has 19 heavy (non-hydrogen) atoms. The SMILES string of the molecule is CCN(Cc1ccccn1)c1cccc(CNC)n1. The van der Waals surface area contributed by atoms with Crippen molar-refractivity contribution in [2.75, 3.05) is 18.5 Å². The highest BCUT2D eigenvalue weighted by molar-refractivity contribution is 5.39. The monoisotopic (exact) mass is 256 g/mol. The van der Waals surface area contributed by atoms with Crippen LogP contribution in [0.2, 0.25) is 0 Å². The molecule has 0 unspecified atom stereocenters. The standard InChI is InChI=1S/C15H20N4/c1-3-19(12-14-7-4-5-10-17-14)15-9-6-8-13(18-15)11-16-2/h4-10,16H,3,11-12H2,1-2H3. The van der Waals surface area contributed by atoms with Gasteiger partial charge in [-0.05, 0) is 38.2 Å². The van der Waals surface area contributed by atoms with Crippen molar-refractivity contribution >= 4 is 5.82 Å². The normalized spacial score (nSPS) is 10.4. The average Bonchev–Trinajstić information content (AvgIpc) is 2.46. The first kappa shape index (κ1) is 13.5. The van der Waals surface area contributed by atoms with E-state index in [1.807, 2.05) is 43.6 Å². The Hall–Kier alpha value is -1.94. The number of rotatable bonds is 6. The van der Waals surface area contributed by atoms with Crippen molar-refractivity contribution in [2.45, 2.75) is 20.0 Å². The fourth-order valence-corrected chi connectivity index (χ4v) is 1.96. The van der Waals surface area contributed by atoms with E-state index in [4.69, 9.17) is 0 Å². The number of hydrogen-bond donors (Lipinski definition) is 1. The Labute approximate surface area is 114 Å². The van der Waals surface area contributed by atoms with Gasteiger partial charge in [0.25, 0.3) is 0 Å². The molecule has 0 fully saturated rings. The van der Waals surface area contributed by atoms with Crippen LogP contribution in [-0.2, 0) is 13.1 Å². The first-order chi connectivity index (χ1) is 9.33. The molecule has 100 valence electrons. The average molecular weight is 256 g/mol. The van der Waals surface area contributed by atoms with Crippen LogP contribution in [0.3, 0.4) is 0 Å². The van der Waals surface area contributed by atoms with E-state index in [2.05, 4.69) is 33.2 Å². The summed E-state index contributed by atoms with van der Waals surface area (Å²) in [6.07, 6.45) is 1.83. The van der Waals surface area contributed by atoms with Gasteiger partial charge >= 0.3 is 0 Å². The summed E-state index contributed by atoms with van der Waals surface area (Å²) in [5.74, 6) is 1.00. The van der Waals surface area contributed by atoms with Crippen LogP contribution in [0.4, 0.5) is 5.82 Å². The van der Waals surface area contributed by atoms with Crippen molar-refractivity contribution < 1.29 is 0 Å². The van der Waals surface area contributed by atoms with Gasteiger partial charge in [-0.1, -0.05) is 12.1 Å². The van der Waals surface area contributed by atoms with Gasteiger partial charge in [-0.25, -0.2) is 4.98 Å². The second-order valence-corrected chi connectivity index (χ2v) is 4.35. The van der Waals surface area contributed by atoms with Gasteiger partial charge in [0.1, 0.15) is 5.82 Å². The van der Waals surface area contributed by atoms with Crippen LogP contribution in [0.25, 0.3) is 0 Å². The van der Waals surface area contributed by atoms with Gasteiger partial charge in [-0.15, -0.1) is 0 Å². The van der Waals surface area contributed by atoms with Crippen LogP contribution >= 0.6 is 0 Å². The van der Waals surface area contributed by atoms with Crippen molar-refractivity contribution in [3.63, 3.8) is 0 Å². The van der Waals surface area contributed by atoms with Crippen LogP contribution in [0, 0.1) is 0 Å². The molecule has 0 atom stereocenters. The Morgan fingerprint density at radius 1 is 1.11 bits per heavy atom. The smallest absolute Gasteiger partial charge is 0.129 e. The molecule has 2 aromatic heterocycles. The van der Waals surface area contributed by atoms with Gasteiger partial charge < -0.3 is 10.2 Å². The van der Waals surface area contributed by atoms with Gasteiger partial charge in [-0.2, -0.15) is 0 Å². The summed E-state index contributed by atoms with van der Waals surface area (Å²) in [5, 5.41) is 3.12. The van der Waals surface area contributed by atoms with Crippen LogP contribution in [0.1, 0.15) is 18.3 Å². The summed E-state index contributed by atoms with van der Waals surface area (Å²) in [6, 6.07) is 12.1. The Kier molecular flexibility index (Phi) is 4.86. The quantitative estimate of drug-likeness (QED) is 0.860. The Balaban J connectivity index is 2.15. The molecule has 4 nitrogen and oxygen atoms in total. The molecule has 0 aliphatic heterocycles. The zero-order valence-electron chi connectivity index (χ0n) is 11.5. The van der Waals surface area contributed by atoms with E-state index >= 15 is 0 Å². The van der Waals surface area contributed by atoms with E-state index < -0.39 is 0 Å². The van der Waals surface area contributed by atoms with E-state index in [0.717, 1.165) is 36.8 Å². The van der Waals surface area contributed by atoms with Crippen molar-refractivity contribution in [1.29, 1.82) is 0 Å². The second-order valence-electron chi connectivity index (χ2n) is 4.35. The van der Waals surface area contributed by atoms with Crippen molar-refractivity contribution in [3.8, 4) is 0 Å². The molecule has 0 aliphatic rings. The number of pyridine rings is 2. The summed E-state index contributed by atoms with van der Waals surface area (Å²) in [7, 11) is 1.93. The molecule has 0 bridgehead atoms. The Morgan fingerprint density at radius 3 is 2.63 bits per heavy atom. The lowest BCUT2D eigenvalue weighted by atomic mass is 10.3. The van der Waals surface area contributed by atoms with Gasteiger partial charge in [-0.3, -0.25) is 4.98 Å². The Morgan fingerprint density at radius 2 is 1.95 bits per heavy atom. The van der Waals surface area contributed by atoms with Gasteiger partial charge in [0.05, 0.1) is 17.9 Å². The van der Waals surface area contributed by atoms with E-state index in [-0.39, 0.29) is 0 Å². The fraction of sp³-hybridized carbons (Fsp3) is 0.333. The minimum atomic E-state index is 0.785. The maximum absolute atomic E-state index is 4.67. The fourth-order valence-electron chi connectivity index (χ4n) is 1.96. The molecule has 0 radical (unpaired) electrons. The zero-order chi connectivity index (χ0) is 13.5. The summed E-state index contributed by atoms with van der Waals surface area (Å²) >= 11 is 0. The van der Waals surface area contributed by atoms with Crippen LogP contribution < -0.4 is 10.2 Å². The van der Waals surface area contributed by atoms with Crippen molar-refractivity contribution in [1.82, 2.24) is 15.3 Å². The summed E-state index contributed by atoms with van der Waals surface area (Å²) < 4.78 is 0. The van der Waals surface area contributed by atoms with E-state index in [1.165, 1.54) is 0 Å². The maximum atomic E-state index is 4.67. The highest BCUT2D eigenvalue weighted by Gasteiger charge is 2.07. The molecular formula is C15H20N4. The van der Waals surface area contributed by atoms with Crippen molar-refractivity contribution in [3.05, 3.63) is 54.0 Å². The first-order valence-electron chi connectivity index (χ1n) is 6.59. The lowest BCUT2D eigenvalue weighted by molar-refractivity contribution is 0.762. The molecule has 0 saturated carbocycles. The van der Waals surface area contributed by atoms with E-state index in [1.54, 1.807) is 0 Å². The minimum Gasteiger partial charge on any atom is -0.351 e. The molecule has 2 heterocycles. The summed E-state index contributed by atoms with van der Waals surface area (Å²) in [5.41, 5.74) is 2.12. The topological polar surface area (TPSA) is 41.1 Å². The molecule has 0 saturated heterocycles. The van der Waals surface area contributed by atoms with Gasteiger partial charge in [0, 0.05) is 19.3 Å². The first-order valence-corrected chi connectivity index (χ1v) is 6.59. The predicted molar refractivity (Wildman–Crippen MR) is 78.0 cm³/mol. The highest BCUT2D eigenvalue weighted by atomic mass is 15.2. The largest absolute Gasteiger partial charge is 0.351 e. The molecule has 2 aromatic rings. The summed E-state index contributed by atoms with van der Waals surface area (Å²) in [4.78, 5) is 11.3. The molecule has 0 aliphatic carbocycles. The lowest BCUT2D eigenvalue weighted by Crippen LogP contribution is -2.24. The van der Waals surface area contributed by atoms with Crippen LogP contribution in [-0.4, -0.2) is 23.6 Å². The van der Waals surface area contributed by atoms with E-state index in [9.17, 15) is 0 Å². The number of hydrogen-bond acceptors (Lipinski definition) is 4. The molecule has 2 rings (SSSR count). The maximum Gasteiger partial charge on any atom is 0.129 e. The third-order valence-electron chi connectivity index (χ3n) is 2.93. The van der Waals surface area contributed by atoms with Crippen LogP contribution in [0.15, 0.2) is 42.6 Å². The highest BCUT2D eigenvalue weighted by Crippen LogP contribution is 2.14. The number of anilines is 1. The number of nitrogens with one attached hydrogen (secondary N) is 1. The lowest BCUT2D eigenvalue weighted by Gasteiger charge is -2.22. The van der Waals surface area contributed by atoms with E-state index in [0.29, 0.717) is 0 Å². The van der Waals surface area contributed by atoms with Gasteiger partial charge in [0.2, 0.25) is 0 Å². The molecule has 0 amide bonds. The molecule has 0 spiro atoms. The molecule has 0 aromatic carbocycles. The molecule has 1 N–H and O–H groups in total. The second kappa shape index (κ2) is 6.85. The number of nitrogens with zero attached hydrogens (tertiary/aromatic N) is 3. The third kappa shape index (κ3) is 3.76. The minimum absolute atomic E-state index is 0.785. The zero-order valence-corrected chi connectivity index (χ0v) is 11.5. The van der Waals surface area contributed by atoms with Gasteiger partial charge in [0.15, 0.2) is 0 Å². The number of aromatic nitrogens is 2.